The van der Waals surface area contributed by atoms with Gasteiger partial charge in [0.15, 0.2) is 0 Å². The van der Waals surface area contributed by atoms with Crippen LogP contribution >= 0.6 is 0 Å². The molecule has 0 aliphatic carbocycles. The fourth-order valence-electron chi connectivity index (χ4n) is 4.07. The van der Waals surface area contributed by atoms with Crippen LogP contribution in [0.1, 0.15) is 40.0 Å². The van der Waals surface area contributed by atoms with Gasteiger partial charge in [0.05, 0.1) is 5.56 Å². The summed E-state index contributed by atoms with van der Waals surface area (Å²) < 4.78 is 0. The monoisotopic (exact) mass is 361 g/mol. The SMILES string of the molecule is Cc1ccc2[nH]c(C)c(C(=O)NC3CCN(Cc4ccccc4)CC3)c2c1. The van der Waals surface area contributed by atoms with E-state index in [2.05, 4.69) is 70.7 Å². The van der Waals surface area contributed by atoms with Crippen molar-refractivity contribution in [3.63, 3.8) is 0 Å². The first kappa shape index (κ1) is 17.8. The van der Waals surface area contributed by atoms with Gasteiger partial charge < -0.3 is 10.3 Å². The Morgan fingerprint density at radius 3 is 2.59 bits per heavy atom. The number of fused-ring (bicyclic) bond motifs is 1. The lowest BCUT2D eigenvalue weighted by Gasteiger charge is -2.32. The Morgan fingerprint density at radius 1 is 1.11 bits per heavy atom. The van der Waals surface area contributed by atoms with E-state index in [1.54, 1.807) is 0 Å². The molecule has 0 spiro atoms. The second-order valence-corrected chi connectivity index (χ2v) is 7.68. The number of likely N-dealkylation sites (tertiary alicyclic amines) is 1. The first-order chi connectivity index (χ1) is 13.1. The van der Waals surface area contributed by atoms with Gasteiger partial charge in [-0.05, 0) is 44.4 Å². The van der Waals surface area contributed by atoms with Crippen molar-refractivity contribution in [3.8, 4) is 0 Å². The lowest BCUT2D eigenvalue weighted by Crippen LogP contribution is -2.44. The Kier molecular flexibility index (Phi) is 4.99. The van der Waals surface area contributed by atoms with Gasteiger partial charge in [-0.2, -0.15) is 0 Å². The molecule has 0 atom stereocenters. The largest absolute Gasteiger partial charge is 0.358 e. The van der Waals surface area contributed by atoms with E-state index < -0.39 is 0 Å². The van der Waals surface area contributed by atoms with Gasteiger partial charge in [0.2, 0.25) is 0 Å². The predicted molar refractivity (Wildman–Crippen MR) is 110 cm³/mol. The van der Waals surface area contributed by atoms with Gasteiger partial charge >= 0.3 is 0 Å². The minimum Gasteiger partial charge on any atom is -0.358 e. The second kappa shape index (κ2) is 7.57. The summed E-state index contributed by atoms with van der Waals surface area (Å²) in [5.41, 5.74) is 5.28. The number of carbonyl (C=O) groups excluding carboxylic acids is 1. The summed E-state index contributed by atoms with van der Waals surface area (Å²) in [5.74, 6) is 0.0471. The van der Waals surface area contributed by atoms with Crippen molar-refractivity contribution in [2.24, 2.45) is 0 Å². The predicted octanol–water partition coefficient (Wildman–Crippen LogP) is 4.18. The second-order valence-electron chi connectivity index (χ2n) is 7.68. The van der Waals surface area contributed by atoms with Gasteiger partial charge in [0, 0.05) is 42.3 Å². The van der Waals surface area contributed by atoms with Crippen molar-refractivity contribution in [3.05, 3.63) is 70.9 Å². The van der Waals surface area contributed by atoms with Gasteiger partial charge in [0.25, 0.3) is 5.91 Å². The van der Waals surface area contributed by atoms with Crippen LogP contribution in [-0.4, -0.2) is 34.9 Å². The number of aryl methyl sites for hydroxylation is 2. The van der Waals surface area contributed by atoms with Crippen LogP contribution in [0, 0.1) is 13.8 Å². The van der Waals surface area contributed by atoms with Crippen LogP contribution in [0.2, 0.25) is 0 Å². The molecule has 1 fully saturated rings. The summed E-state index contributed by atoms with van der Waals surface area (Å²) >= 11 is 0. The molecule has 4 nitrogen and oxygen atoms in total. The summed E-state index contributed by atoms with van der Waals surface area (Å²) in [4.78, 5) is 18.8. The van der Waals surface area contributed by atoms with Crippen LogP contribution in [0.3, 0.4) is 0 Å². The molecule has 0 bridgehead atoms. The fourth-order valence-corrected chi connectivity index (χ4v) is 4.07. The van der Waals surface area contributed by atoms with Gasteiger partial charge in [-0.15, -0.1) is 0 Å². The average molecular weight is 361 g/mol. The Hall–Kier alpha value is -2.59. The molecule has 2 aromatic carbocycles. The van der Waals surface area contributed by atoms with Gasteiger partial charge in [-0.1, -0.05) is 42.0 Å². The smallest absolute Gasteiger partial charge is 0.253 e. The van der Waals surface area contributed by atoms with Crippen molar-refractivity contribution >= 4 is 16.8 Å². The van der Waals surface area contributed by atoms with E-state index in [4.69, 9.17) is 0 Å². The quantitative estimate of drug-likeness (QED) is 0.732. The first-order valence-corrected chi connectivity index (χ1v) is 9.76. The summed E-state index contributed by atoms with van der Waals surface area (Å²) in [6.45, 7) is 7.07. The van der Waals surface area contributed by atoms with E-state index in [1.807, 2.05) is 6.92 Å². The van der Waals surface area contributed by atoms with Crippen LogP contribution in [0.5, 0.6) is 0 Å². The number of aromatic amines is 1. The molecule has 1 aliphatic rings. The minimum absolute atomic E-state index is 0.0471. The van der Waals surface area contributed by atoms with Crippen molar-refractivity contribution in [2.75, 3.05) is 13.1 Å². The summed E-state index contributed by atoms with van der Waals surface area (Å²) in [6.07, 6.45) is 2.00. The maximum atomic E-state index is 12.9. The highest BCUT2D eigenvalue weighted by molar-refractivity contribution is 6.08. The highest BCUT2D eigenvalue weighted by Gasteiger charge is 2.23. The number of rotatable bonds is 4. The number of piperidine rings is 1. The van der Waals surface area contributed by atoms with E-state index >= 15 is 0 Å². The maximum absolute atomic E-state index is 12.9. The third kappa shape index (κ3) is 3.91. The molecule has 2 heterocycles. The molecule has 1 saturated heterocycles. The molecule has 2 N–H and O–H groups in total. The number of amides is 1. The number of nitrogens with zero attached hydrogens (tertiary/aromatic N) is 1. The molecule has 27 heavy (non-hydrogen) atoms. The van der Waals surface area contributed by atoms with Crippen LogP contribution < -0.4 is 5.32 Å². The third-order valence-electron chi connectivity index (χ3n) is 5.54. The van der Waals surface area contributed by atoms with E-state index in [0.29, 0.717) is 0 Å². The molecule has 1 aliphatic heterocycles. The van der Waals surface area contributed by atoms with Crippen LogP contribution in [0.4, 0.5) is 0 Å². The topological polar surface area (TPSA) is 48.1 Å². The molecule has 3 aromatic rings. The zero-order valence-electron chi connectivity index (χ0n) is 16.1. The van der Waals surface area contributed by atoms with Crippen molar-refractivity contribution in [1.29, 1.82) is 0 Å². The molecule has 0 saturated carbocycles. The Balaban J connectivity index is 1.39. The van der Waals surface area contributed by atoms with Crippen molar-refractivity contribution in [2.45, 2.75) is 39.3 Å². The van der Waals surface area contributed by atoms with Crippen molar-refractivity contribution < 1.29 is 4.79 Å². The first-order valence-electron chi connectivity index (χ1n) is 9.76. The zero-order valence-corrected chi connectivity index (χ0v) is 16.1. The highest BCUT2D eigenvalue weighted by atomic mass is 16.1. The summed E-state index contributed by atoms with van der Waals surface area (Å²) in [7, 11) is 0. The number of nitrogens with one attached hydrogen (secondary N) is 2. The maximum Gasteiger partial charge on any atom is 0.253 e. The van der Waals surface area contributed by atoms with E-state index in [0.717, 1.165) is 54.6 Å². The van der Waals surface area contributed by atoms with E-state index in [1.165, 1.54) is 11.1 Å². The number of carbonyl (C=O) groups is 1. The van der Waals surface area contributed by atoms with Gasteiger partial charge in [-0.3, -0.25) is 9.69 Å². The Labute approximate surface area is 160 Å². The number of hydrogen-bond donors (Lipinski definition) is 2. The molecular weight excluding hydrogens is 334 g/mol. The highest BCUT2D eigenvalue weighted by Crippen LogP contribution is 2.24. The number of H-pyrrole nitrogens is 1. The lowest BCUT2D eigenvalue weighted by atomic mass is 10.0. The number of benzene rings is 2. The van der Waals surface area contributed by atoms with Crippen LogP contribution in [-0.2, 0) is 6.54 Å². The summed E-state index contributed by atoms with van der Waals surface area (Å²) in [5, 5.41) is 4.29. The Morgan fingerprint density at radius 2 is 1.85 bits per heavy atom. The van der Waals surface area contributed by atoms with E-state index in [-0.39, 0.29) is 11.9 Å². The molecular formula is C23H27N3O. The molecule has 4 rings (SSSR count). The fraction of sp³-hybridized carbons (Fsp3) is 0.348. The molecule has 1 aromatic heterocycles. The molecule has 0 radical (unpaired) electrons. The molecule has 0 unspecified atom stereocenters. The van der Waals surface area contributed by atoms with Crippen molar-refractivity contribution in [1.82, 2.24) is 15.2 Å². The molecule has 140 valence electrons. The Bertz CT molecular complexity index is 937. The number of hydrogen-bond acceptors (Lipinski definition) is 2. The number of aromatic nitrogens is 1. The average Bonchev–Trinajstić information content (AvgIpc) is 2.99. The normalized spacial score (nSPS) is 15.9. The van der Waals surface area contributed by atoms with Crippen LogP contribution in [0.15, 0.2) is 48.5 Å². The minimum atomic E-state index is 0.0471. The summed E-state index contributed by atoms with van der Waals surface area (Å²) in [6, 6.07) is 17.1. The third-order valence-corrected chi connectivity index (χ3v) is 5.54. The standard InChI is InChI=1S/C23H27N3O/c1-16-8-9-21-20(14-16)22(17(2)24-21)23(27)25-19-10-12-26(13-11-19)15-18-6-4-3-5-7-18/h3-9,14,19,24H,10-13,15H2,1-2H3,(H,25,27). The van der Waals surface area contributed by atoms with E-state index in [9.17, 15) is 4.79 Å². The lowest BCUT2D eigenvalue weighted by molar-refractivity contribution is 0.0910. The zero-order chi connectivity index (χ0) is 18.8. The molecule has 4 heteroatoms. The van der Waals surface area contributed by atoms with Crippen LogP contribution in [0.25, 0.3) is 10.9 Å². The van der Waals surface area contributed by atoms with Gasteiger partial charge in [-0.25, -0.2) is 0 Å². The van der Waals surface area contributed by atoms with Gasteiger partial charge in [0.1, 0.15) is 0 Å². The molecule has 1 amide bonds.